The lowest BCUT2D eigenvalue weighted by Gasteiger charge is -2.28. The van der Waals surface area contributed by atoms with E-state index >= 15 is 0 Å². The van der Waals surface area contributed by atoms with Gasteiger partial charge in [-0.1, -0.05) is 49.4 Å². The normalized spacial score (nSPS) is 18.5. The topological polar surface area (TPSA) is 58.6 Å². The molecule has 5 nitrogen and oxygen atoms in total. The molecular weight excluding hydrogens is 364 g/mol. The Balaban J connectivity index is 1.83. The monoisotopic (exact) mass is 394 g/mol. The molecule has 2 aromatic carbocycles. The van der Waals surface area contributed by atoms with Crippen molar-refractivity contribution in [1.82, 2.24) is 10.2 Å². The number of nitrogens with one attached hydrogen (secondary N) is 1. The number of carbonyl (C=O) groups excluding carboxylic acids is 2. The fraction of sp³-hybridized carbons (Fsp3) is 0.417. The summed E-state index contributed by atoms with van der Waals surface area (Å²) in [6.45, 7) is 5.51. The highest BCUT2D eigenvalue weighted by Gasteiger charge is 2.45. The molecule has 1 N–H and O–H groups in total. The minimum Gasteiger partial charge on any atom is -0.496 e. The van der Waals surface area contributed by atoms with E-state index in [9.17, 15) is 9.59 Å². The van der Waals surface area contributed by atoms with Crippen molar-refractivity contribution in [2.45, 2.75) is 33.1 Å². The van der Waals surface area contributed by atoms with Gasteiger partial charge in [0, 0.05) is 31.6 Å². The van der Waals surface area contributed by atoms with Gasteiger partial charge in [-0.2, -0.15) is 0 Å². The largest absolute Gasteiger partial charge is 0.496 e. The van der Waals surface area contributed by atoms with Crippen molar-refractivity contribution in [2.75, 3.05) is 26.7 Å². The number of hydrogen-bond donors (Lipinski definition) is 1. The number of hydrogen-bond acceptors (Lipinski definition) is 3. The van der Waals surface area contributed by atoms with Gasteiger partial charge in [0.2, 0.25) is 11.8 Å². The van der Waals surface area contributed by atoms with Gasteiger partial charge in [-0.15, -0.1) is 0 Å². The van der Waals surface area contributed by atoms with Crippen molar-refractivity contribution in [2.24, 2.45) is 5.41 Å². The number of para-hydroxylation sites is 1. The van der Waals surface area contributed by atoms with Crippen LogP contribution in [0.4, 0.5) is 0 Å². The number of methoxy groups -OCH3 is 1. The van der Waals surface area contributed by atoms with Crippen molar-refractivity contribution in [3.8, 4) is 16.9 Å². The van der Waals surface area contributed by atoms with E-state index in [2.05, 4.69) is 29.6 Å². The van der Waals surface area contributed by atoms with Gasteiger partial charge in [0.05, 0.1) is 12.5 Å². The third-order valence-corrected chi connectivity index (χ3v) is 5.74. The molecule has 0 saturated carbocycles. The molecule has 1 aliphatic rings. The predicted octanol–water partition coefficient (Wildman–Crippen LogP) is 3.67. The molecule has 0 aliphatic carbocycles. The zero-order valence-corrected chi connectivity index (χ0v) is 17.5. The van der Waals surface area contributed by atoms with Crippen LogP contribution in [0.5, 0.6) is 5.75 Å². The average Bonchev–Trinajstić information content (AvgIpc) is 3.19. The lowest BCUT2D eigenvalue weighted by atomic mass is 9.79. The highest BCUT2D eigenvalue weighted by Crippen LogP contribution is 2.36. The summed E-state index contributed by atoms with van der Waals surface area (Å²) < 4.78 is 5.47. The first-order chi connectivity index (χ1) is 14.0. The van der Waals surface area contributed by atoms with Gasteiger partial charge in [0.25, 0.3) is 0 Å². The number of nitrogens with zero attached hydrogens (tertiary/aromatic N) is 1. The molecule has 5 heteroatoms. The van der Waals surface area contributed by atoms with E-state index < -0.39 is 5.41 Å². The molecular formula is C24H30N2O3. The predicted molar refractivity (Wildman–Crippen MR) is 115 cm³/mol. The molecule has 2 aromatic rings. The molecule has 0 aromatic heterocycles. The molecule has 0 spiro atoms. The van der Waals surface area contributed by atoms with Crippen LogP contribution >= 0.6 is 0 Å². The highest BCUT2D eigenvalue weighted by molar-refractivity contribution is 5.85. The maximum Gasteiger partial charge on any atom is 0.228 e. The van der Waals surface area contributed by atoms with E-state index in [4.69, 9.17) is 4.74 Å². The zero-order chi connectivity index (χ0) is 20.9. The maximum atomic E-state index is 12.9. The minimum atomic E-state index is -0.563. The Kier molecular flexibility index (Phi) is 6.57. The number of rotatable bonds is 7. The molecule has 1 aliphatic heterocycles. The summed E-state index contributed by atoms with van der Waals surface area (Å²) in [4.78, 5) is 26.9. The van der Waals surface area contributed by atoms with Crippen LogP contribution in [0.2, 0.25) is 0 Å². The van der Waals surface area contributed by atoms with E-state index in [1.807, 2.05) is 43.0 Å². The summed E-state index contributed by atoms with van der Waals surface area (Å²) in [5, 5.41) is 2.98. The van der Waals surface area contributed by atoms with Crippen molar-refractivity contribution >= 4 is 11.8 Å². The Morgan fingerprint density at radius 3 is 2.48 bits per heavy atom. The third kappa shape index (κ3) is 4.44. The van der Waals surface area contributed by atoms with Crippen LogP contribution in [0, 0.1) is 5.41 Å². The van der Waals surface area contributed by atoms with Crippen LogP contribution in [-0.4, -0.2) is 43.5 Å². The van der Waals surface area contributed by atoms with Crippen LogP contribution in [-0.2, 0) is 16.0 Å². The molecule has 29 heavy (non-hydrogen) atoms. The summed E-state index contributed by atoms with van der Waals surface area (Å²) in [6.07, 6.45) is 1.79. The van der Waals surface area contributed by atoms with Gasteiger partial charge < -0.3 is 15.0 Å². The Morgan fingerprint density at radius 1 is 1.10 bits per heavy atom. The van der Waals surface area contributed by atoms with Gasteiger partial charge in [0.15, 0.2) is 0 Å². The second-order valence-electron chi connectivity index (χ2n) is 7.63. The first-order valence-electron chi connectivity index (χ1n) is 10.3. The molecule has 1 saturated heterocycles. The average molecular weight is 395 g/mol. The molecule has 1 unspecified atom stereocenters. The molecule has 0 radical (unpaired) electrons. The fourth-order valence-corrected chi connectivity index (χ4v) is 4.14. The Morgan fingerprint density at radius 2 is 1.83 bits per heavy atom. The summed E-state index contributed by atoms with van der Waals surface area (Å²) in [5.74, 6) is 0.992. The summed E-state index contributed by atoms with van der Waals surface area (Å²) in [7, 11) is 1.67. The second kappa shape index (κ2) is 9.12. The van der Waals surface area contributed by atoms with Crippen molar-refractivity contribution in [3.63, 3.8) is 0 Å². The van der Waals surface area contributed by atoms with E-state index in [-0.39, 0.29) is 11.8 Å². The maximum absolute atomic E-state index is 12.9. The second-order valence-corrected chi connectivity index (χ2v) is 7.63. The van der Waals surface area contributed by atoms with Crippen LogP contribution in [0.15, 0.2) is 48.5 Å². The lowest BCUT2D eigenvalue weighted by Crippen LogP contribution is -2.45. The fourth-order valence-electron chi connectivity index (χ4n) is 4.14. The molecule has 0 bridgehead atoms. The molecule has 1 atom stereocenters. The van der Waals surface area contributed by atoms with Gasteiger partial charge in [0.1, 0.15) is 5.75 Å². The molecule has 1 heterocycles. The van der Waals surface area contributed by atoms with Gasteiger partial charge in [-0.25, -0.2) is 0 Å². The van der Waals surface area contributed by atoms with Gasteiger partial charge in [-0.3, -0.25) is 9.59 Å². The SMILES string of the molecule is CCNC(=O)C1(Cc2ccc(-c3ccccc3OC)cc2)CCN(C(=O)CC)C1. The number of likely N-dealkylation sites (tertiary alicyclic amines) is 1. The van der Waals surface area contributed by atoms with E-state index in [1.54, 1.807) is 7.11 Å². The van der Waals surface area contributed by atoms with Crippen LogP contribution in [0.25, 0.3) is 11.1 Å². The Hall–Kier alpha value is -2.82. The highest BCUT2D eigenvalue weighted by atomic mass is 16.5. The number of carbonyl (C=O) groups is 2. The quantitative estimate of drug-likeness (QED) is 0.780. The Labute approximate surface area is 173 Å². The van der Waals surface area contributed by atoms with Crippen molar-refractivity contribution in [3.05, 3.63) is 54.1 Å². The summed E-state index contributed by atoms with van der Waals surface area (Å²) in [6, 6.07) is 16.2. The molecule has 154 valence electrons. The summed E-state index contributed by atoms with van der Waals surface area (Å²) in [5.41, 5.74) is 2.65. The van der Waals surface area contributed by atoms with E-state index in [0.717, 1.165) is 22.4 Å². The minimum absolute atomic E-state index is 0.0419. The van der Waals surface area contributed by atoms with E-state index in [0.29, 0.717) is 38.9 Å². The van der Waals surface area contributed by atoms with Crippen LogP contribution in [0.3, 0.4) is 0 Å². The van der Waals surface area contributed by atoms with E-state index in [1.165, 1.54) is 0 Å². The smallest absolute Gasteiger partial charge is 0.228 e. The van der Waals surface area contributed by atoms with Crippen molar-refractivity contribution in [1.29, 1.82) is 0 Å². The number of ether oxygens (including phenoxy) is 1. The molecule has 1 fully saturated rings. The Bertz CT molecular complexity index is 863. The van der Waals surface area contributed by atoms with Crippen molar-refractivity contribution < 1.29 is 14.3 Å². The van der Waals surface area contributed by atoms with Crippen LogP contribution < -0.4 is 10.1 Å². The standard InChI is InChI=1S/C24H30N2O3/c1-4-22(27)26-15-14-24(17-26,23(28)25-5-2)16-18-10-12-19(13-11-18)20-8-6-7-9-21(20)29-3/h6-13H,4-5,14-17H2,1-3H3,(H,25,28). The first-order valence-corrected chi connectivity index (χ1v) is 10.3. The molecule has 3 rings (SSSR count). The molecule has 2 amide bonds. The first kappa shape index (κ1) is 20.9. The number of amides is 2. The lowest BCUT2D eigenvalue weighted by molar-refractivity contribution is -0.133. The number of benzene rings is 2. The third-order valence-electron chi connectivity index (χ3n) is 5.74. The van der Waals surface area contributed by atoms with Crippen LogP contribution in [0.1, 0.15) is 32.3 Å². The zero-order valence-electron chi connectivity index (χ0n) is 17.5. The van der Waals surface area contributed by atoms with Gasteiger partial charge >= 0.3 is 0 Å². The summed E-state index contributed by atoms with van der Waals surface area (Å²) >= 11 is 0. The van der Waals surface area contributed by atoms with Gasteiger partial charge in [-0.05, 0) is 37.0 Å².